The number of amides is 1. The minimum absolute atomic E-state index is 0.0248. The standard InChI is InChI=1S/C16H20N2O4/c1-2-21-16(20)13(17)12-8-11-9-22-15(18(11)14(12)19)10-6-4-3-5-7-10/h3-7,11-13,15H,2,8-9,17H2,1H3/t11-,12+,13+,15+/m0/s1. The van der Waals surface area contributed by atoms with Crippen LogP contribution in [0.2, 0.25) is 0 Å². The van der Waals surface area contributed by atoms with Gasteiger partial charge >= 0.3 is 5.97 Å². The lowest BCUT2D eigenvalue weighted by atomic mass is 9.97. The first kappa shape index (κ1) is 15.0. The molecule has 4 atom stereocenters. The van der Waals surface area contributed by atoms with Gasteiger partial charge in [-0.25, -0.2) is 0 Å². The first-order valence-corrected chi connectivity index (χ1v) is 7.54. The van der Waals surface area contributed by atoms with Crippen LogP contribution in [-0.2, 0) is 19.1 Å². The van der Waals surface area contributed by atoms with Gasteiger partial charge in [0, 0.05) is 5.56 Å². The van der Waals surface area contributed by atoms with Gasteiger partial charge in [0.1, 0.15) is 6.04 Å². The van der Waals surface area contributed by atoms with Gasteiger partial charge in [0.15, 0.2) is 6.23 Å². The maximum absolute atomic E-state index is 12.7. The minimum atomic E-state index is -0.908. The molecular formula is C16H20N2O4. The predicted molar refractivity (Wildman–Crippen MR) is 78.5 cm³/mol. The summed E-state index contributed by atoms with van der Waals surface area (Å²) in [5.41, 5.74) is 6.86. The average Bonchev–Trinajstić information content (AvgIpc) is 3.08. The summed E-state index contributed by atoms with van der Waals surface area (Å²) >= 11 is 0. The van der Waals surface area contributed by atoms with Gasteiger partial charge in [-0.15, -0.1) is 0 Å². The third-order valence-electron chi connectivity index (χ3n) is 4.27. The molecule has 0 radical (unpaired) electrons. The molecule has 2 saturated heterocycles. The van der Waals surface area contributed by atoms with E-state index in [0.29, 0.717) is 13.0 Å². The van der Waals surface area contributed by atoms with Crippen molar-refractivity contribution in [3.05, 3.63) is 35.9 Å². The zero-order valence-corrected chi connectivity index (χ0v) is 12.5. The zero-order chi connectivity index (χ0) is 15.7. The molecule has 6 nitrogen and oxygen atoms in total. The number of rotatable bonds is 4. The Balaban J connectivity index is 1.77. The molecule has 0 aliphatic carbocycles. The molecule has 2 aliphatic rings. The predicted octanol–water partition coefficient (Wildman–Crippen LogP) is 0.823. The SMILES string of the molecule is CCOC(=O)[C@H](N)[C@H]1C[C@H]2CO[C@H](c3ccccc3)N2C1=O. The fraction of sp³-hybridized carbons (Fsp3) is 0.500. The molecule has 3 rings (SSSR count). The second-order valence-corrected chi connectivity index (χ2v) is 5.62. The largest absolute Gasteiger partial charge is 0.465 e. The molecule has 0 bridgehead atoms. The summed E-state index contributed by atoms with van der Waals surface area (Å²) in [5.74, 6) is -1.17. The zero-order valence-electron chi connectivity index (χ0n) is 12.5. The molecule has 6 heteroatoms. The van der Waals surface area contributed by atoms with E-state index in [0.717, 1.165) is 5.56 Å². The molecule has 2 heterocycles. The van der Waals surface area contributed by atoms with Crippen molar-refractivity contribution in [3.63, 3.8) is 0 Å². The van der Waals surface area contributed by atoms with Gasteiger partial charge in [-0.05, 0) is 13.3 Å². The van der Waals surface area contributed by atoms with Crippen LogP contribution >= 0.6 is 0 Å². The number of fused-ring (bicyclic) bond motifs is 1. The maximum atomic E-state index is 12.7. The van der Waals surface area contributed by atoms with Gasteiger partial charge in [-0.1, -0.05) is 30.3 Å². The van der Waals surface area contributed by atoms with Crippen LogP contribution in [0.4, 0.5) is 0 Å². The summed E-state index contributed by atoms with van der Waals surface area (Å²) in [6.07, 6.45) is 0.139. The smallest absolute Gasteiger partial charge is 0.323 e. The lowest BCUT2D eigenvalue weighted by Crippen LogP contribution is -2.43. The molecule has 0 unspecified atom stereocenters. The number of hydrogen-bond donors (Lipinski definition) is 1. The number of carbonyl (C=O) groups is 2. The summed E-state index contributed by atoms with van der Waals surface area (Å²) in [7, 11) is 0. The van der Waals surface area contributed by atoms with Gasteiger partial charge in [-0.3, -0.25) is 9.59 Å². The Hall–Kier alpha value is -1.92. The van der Waals surface area contributed by atoms with E-state index in [-0.39, 0.29) is 18.6 Å². The van der Waals surface area contributed by atoms with Crippen molar-refractivity contribution in [2.24, 2.45) is 11.7 Å². The van der Waals surface area contributed by atoms with Gasteiger partial charge in [0.25, 0.3) is 0 Å². The fourth-order valence-corrected chi connectivity index (χ4v) is 3.19. The van der Waals surface area contributed by atoms with Gasteiger partial charge in [0.2, 0.25) is 5.91 Å². The van der Waals surface area contributed by atoms with Crippen LogP contribution in [0.1, 0.15) is 25.1 Å². The van der Waals surface area contributed by atoms with Crippen LogP contribution < -0.4 is 5.73 Å². The summed E-state index contributed by atoms with van der Waals surface area (Å²) < 4.78 is 10.7. The monoisotopic (exact) mass is 304 g/mol. The van der Waals surface area contributed by atoms with Crippen LogP contribution in [0.25, 0.3) is 0 Å². The third kappa shape index (κ3) is 2.48. The Morgan fingerprint density at radius 3 is 2.86 bits per heavy atom. The van der Waals surface area contributed by atoms with Gasteiger partial charge < -0.3 is 20.1 Å². The highest BCUT2D eigenvalue weighted by molar-refractivity contribution is 5.89. The Labute approximate surface area is 129 Å². The third-order valence-corrected chi connectivity index (χ3v) is 4.27. The van der Waals surface area contributed by atoms with E-state index in [1.165, 1.54) is 0 Å². The molecule has 2 fully saturated rings. The summed E-state index contributed by atoms with van der Waals surface area (Å²) in [6, 6.07) is 8.67. The molecule has 0 saturated carbocycles. The number of nitrogens with zero attached hydrogens (tertiary/aromatic N) is 1. The van der Waals surface area contributed by atoms with Crippen LogP contribution in [0.15, 0.2) is 30.3 Å². The van der Waals surface area contributed by atoms with Crippen molar-refractivity contribution in [2.45, 2.75) is 31.7 Å². The second-order valence-electron chi connectivity index (χ2n) is 5.62. The molecule has 0 spiro atoms. The first-order chi connectivity index (χ1) is 10.6. The molecule has 1 aromatic carbocycles. The Bertz CT molecular complexity index is 563. The quantitative estimate of drug-likeness (QED) is 0.833. The average molecular weight is 304 g/mol. The molecule has 1 amide bonds. The van der Waals surface area contributed by atoms with Crippen LogP contribution in [0, 0.1) is 5.92 Å². The lowest BCUT2D eigenvalue weighted by Gasteiger charge is -2.24. The van der Waals surface area contributed by atoms with E-state index < -0.39 is 24.2 Å². The lowest BCUT2D eigenvalue weighted by molar-refractivity contribution is -0.150. The highest BCUT2D eigenvalue weighted by Crippen LogP contribution is 2.40. The number of benzene rings is 1. The second kappa shape index (κ2) is 6.06. The molecule has 1 aromatic rings. The van der Waals surface area contributed by atoms with E-state index in [1.54, 1.807) is 11.8 Å². The molecule has 0 aromatic heterocycles. The Morgan fingerprint density at radius 1 is 1.45 bits per heavy atom. The van der Waals surface area contributed by atoms with Crippen LogP contribution in [0.5, 0.6) is 0 Å². The van der Waals surface area contributed by atoms with Crippen molar-refractivity contribution in [3.8, 4) is 0 Å². The molecule has 2 aliphatic heterocycles. The molecule has 22 heavy (non-hydrogen) atoms. The van der Waals surface area contributed by atoms with E-state index in [2.05, 4.69) is 0 Å². The Morgan fingerprint density at radius 2 is 2.18 bits per heavy atom. The van der Waals surface area contributed by atoms with E-state index in [9.17, 15) is 9.59 Å². The van der Waals surface area contributed by atoms with Crippen LogP contribution in [-0.4, -0.2) is 42.1 Å². The summed E-state index contributed by atoms with van der Waals surface area (Å²) in [6.45, 7) is 2.45. The van der Waals surface area contributed by atoms with E-state index in [4.69, 9.17) is 15.2 Å². The summed E-state index contributed by atoms with van der Waals surface area (Å²) in [4.78, 5) is 26.2. The van der Waals surface area contributed by atoms with Crippen LogP contribution in [0.3, 0.4) is 0 Å². The highest BCUT2D eigenvalue weighted by Gasteiger charge is 2.51. The molecule has 118 valence electrons. The van der Waals surface area contributed by atoms with E-state index in [1.807, 2.05) is 30.3 Å². The van der Waals surface area contributed by atoms with Crippen molar-refractivity contribution in [1.82, 2.24) is 4.90 Å². The highest BCUT2D eigenvalue weighted by atomic mass is 16.5. The normalized spacial score (nSPS) is 28.5. The van der Waals surface area contributed by atoms with Gasteiger partial charge in [-0.2, -0.15) is 0 Å². The number of esters is 1. The number of ether oxygens (including phenoxy) is 2. The fourth-order valence-electron chi connectivity index (χ4n) is 3.19. The molecular weight excluding hydrogens is 284 g/mol. The number of hydrogen-bond acceptors (Lipinski definition) is 5. The number of carbonyl (C=O) groups excluding carboxylic acids is 2. The summed E-state index contributed by atoms with van der Waals surface area (Å²) in [5, 5.41) is 0. The van der Waals surface area contributed by atoms with Crippen molar-refractivity contribution >= 4 is 11.9 Å². The maximum Gasteiger partial charge on any atom is 0.323 e. The first-order valence-electron chi connectivity index (χ1n) is 7.54. The van der Waals surface area contributed by atoms with Crippen molar-refractivity contribution in [2.75, 3.05) is 13.2 Å². The van der Waals surface area contributed by atoms with Crippen molar-refractivity contribution in [1.29, 1.82) is 0 Å². The Kier molecular flexibility index (Phi) is 4.13. The number of nitrogens with two attached hydrogens (primary N) is 1. The van der Waals surface area contributed by atoms with E-state index >= 15 is 0 Å². The minimum Gasteiger partial charge on any atom is -0.465 e. The van der Waals surface area contributed by atoms with Crippen molar-refractivity contribution < 1.29 is 19.1 Å². The topological polar surface area (TPSA) is 81.9 Å². The molecule has 2 N–H and O–H groups in total. The van der Waals surface area contributed by atoms with Gasteiger partial charge in [0.05, 0.1) is 25.2 Å².